The van der Waals surface area contributed by atoms with Crippen LogP contribution in [0.4, 0.5) is 4.79 Å². The molecule has 110 valence electrons. The summed E-state index contributed by atoms with van der Waals surface area (Å²) in [5.41, 5.74) is -0.546. The highest BCUT2D eigenvalue weighted by atomic mass is 32.2. The highest BCUT2D eigenvalue weighted by Crippen LogP contribution is 2.32. The normalized spacial score (nSPS) is 18.8. The fourth-order valence-electron chi connectivity index (χ4n) is 2.55. The van der Waals surface area contributed by atoms with Crippen molar-refractivity contribution in [3.05, 3.63) is 0 Å². The molecule has 0 radical (unpaired) electrons. The minimum absolute atomic E-state index is 0.0135. The van der Waals surface area contributed by atoms with Crippen molar-refractivity contribution in [1.82, 2.24) is 10.6 Å². The van der Waals surface area contributed by atoms with Gasteiger partial charge in [-0.25, -0.2) is 4.79 Å². The highest BCUT2D eigenvalue weighted by Gasteiger charge is 2.37. The van der Waals surface area contributed by atoms with Crippen molar-refractivity contribution >= 4 is 23.8 Å². The summed E-state index contributed by atoms with van der Waals surface area (Å²) in [6.45, 7) is 1.97. The molecule has 1 unspecified atom stereocenters. The molecule has 2 amide bonds. The Balaban J connectivity index is 2.45. The number of aliphatic carboxylic acids is 1. The SMILES string of the molecule is CSCCC(C)NC(=O)NC1(CC(=O)O)CCCC1. The van der Waals surface area contributed by atoms with Gasteiger partial charge in [0.05, 0.1) is 12.0 Å². The Morgan fingerprint density at radius 2 is 2.00 bits per heavy atom. The molecule has 5 nitrogen and oxygen atoms in total. The van der Waals surface area contributed by atoms with Crippen molar-refractivity contribution in [2.75, 3.05) is 12.0 Å². The van der Waals surface area contributed by atoms with E-state index >= 15 is 0 Å². The minimum Gasteiger partial charge on any atom is -0.481 e. The van der Waals surface area contributed by atoms with Gasteiger partial charge in [-0.15, -0.1) is 0 Å². The molecule has 19 heavy (non-hydrogen) atoms. The van der Waals surface area contributed by atoms with E-state index < -0.39 is 11.5 Å². The molecule has 1 saturated carbocycles. The average Bonchev–Trinajstić information content (AvgIpc) is 2.73. The summed E-state index contributed by atoms with van der Waals surface area (Å²) >= 11 is 1.75. The number of amides is 2. The van der Waals surface area contributed by atoms with Crippen LogP contribution in [0.1, 0.15) is 45.4 Å². The maximum Gasteiger partial charge on any atom is 0.315 e. The smallest absolute Gasteiger partial charge is 0.315 e. The van der Waals surface area contributed by atoms with Crippen molar-refractivity contribution in [3.8, 4) is 0 Å². The Bertz CT molecular complexity index is 317. The Kier molecular flexibility index (Phi) is 6.48. The van der Waals surface area contributed by atoms with Crippen molar-refractivity contribution in [2.45, 2.75) is 57.0 Å². The van der Waals surface area contributed by atoms with Crippen LogP contribution in [0, 0.1) is 0 Å². The largest absolute Gasteiger partial charge is 0.481 e. The van der Waals surface area contributed by atoms with Crippen LogP contribution in [-0.2, 0) is 4.79 Å². The van der Waals surface area contributed by atoms with E-state index in [1.54, 1.807) is 11.8 Å². The van der Waals surface area contributed by atoms with E-state index in [1.165, 1.54) is 0 Å². The molecule has 1 fully saturated rings. The molecule has 0 aromatic carbocycles. The van der Waals surface area contributed by atoms with Gasteiger partial charge in [-0.2, -0.15) is 11.8 Å². The lowest BCUT2D eigenvalue weighted by atomic mass is 9.93. The Labute approximate surface area is 118 Å². The van der Waals surface area contributed by atoms with Crippen LogP contribution < -0.4 is 10.6 Å². The van der Waals surface area contributed by atoms with Crippen LogP contribution in [0.2, 0.25) is 0 Å². The molecule has 6 heteroatoms. The van der Waals surface area contributed by atoms with Crippen LogP contribution in [-0.4, -0.2) is 40.7 Å². The molecule has 1 aliphatic carbocycles. The van der Waals surface area contributed by atoms with Gasteiger partial charge in [-0.3, -0.25) is 4.79 Å². The molecule has 0 saturated heterocycles. The number of carboxylic acids is 1. The summed E-state index contributed by atoms with van der Waals surface area (Å²) in [5, 5.41) is 14.8. The van der Waals surface area contributed by atoms with Crippen molar-refractivity contribution in [1.29, 1.82) is 0 Å². The zero-order chi connectivity index (χ0) is 14.3. The third-order valence-corrected chi connectivity index (χ3v) is 4.21. The molecule has 0 bridgehead atoms. The molecule has 0 aromatic rings. The summed E-state index contributed by atoms with van der Waals surface area (Å²) < 4.78 is 0. The first-order valence-corrected chi connectivity index (χ1v) is 8.16. The van der Waals surface area contributed by atoms with Crippen LogP contribution in [0.25, 0.3) is 0 Å². The molecule has 3 N–H and O–H groups in total. The van der Waals surface area contributed by atoms with Gasteiger partial charge in [0, 0.05) is 6.04 Å². The van der Waals surface area contributed by atoms with E-state index in [4.69, 9.17) is 5.11 Å². The molecule has 0 aromatic heterocycles. The van der Waals surface area contributed by atoms with E-state index in [9.17, 15) is 9.59 Å². The maximum absolute atomic E-state index is 11.9. The number of carboxylic acid groups (broad SMARTS) is 1. The third kappa shape index (κ3) is 5.72. The molecular formula is C13H24N2O3S. The van der Waals surface area contributed by atoms with Gasteiger partial charge in [-0.1, -0.05) is 12.8 Å². The fraction of sp³-hybridized carbons (Fsp3) is 0.846. The molecule has 1 rings (SSSR count). The van der Waals surface area contributed by atoms with E-state index in [0.29, 0.717) is 0 Å². The van der Waals surface area contributed by atoms with Crippen LogP contribution in [0.15, 0.2) is 0 Å². The van der Waals surface area contributed by atoms with Crippen molar-refractivity contribution in [2.24, 2.45) is 0 Å². The zero-order valence-electron chi connectivity index (χ0n) is 11.7. The Morgan fingerprint density at radius 1 is 1.37 bits per heavy atom. The Morgan fingerprint density at radius 3 is 2.53 bits per heavy atom. The lowest BCUT2D eigenvalue weighted by Gasteiger charge is -2.29. The van der Waals surface area contributed by atoms with Gasteiger partial charge in [0.1, 0.15) is 0 Å². The first kappa shape index (κ1) is 16.1. The van der Waals surface area contributed by atoms with Gasteiger partial charge in [0.25, 0.3) is 0 Å². The number of carbonyl (C=O) groups is 2. The van der Waals surface area contributed by atoms with Crippen molar-refractivity contribution in [3.63, 3.8) is 0 Å². The number of hydrogen-bond acceptors (Lipinski definition) is 3. The first-order valence-electron chi connectivity index (χ1n) is 6.77. The predicted molar refractivity (Wildman–Crippen MR) is 77.6 cm³/mol. The highest BCUT2D eigenvalue weighted by molar-refractivity contribution is 7.98. The lowest BCUT2D eigenvalue weighted by molar-refractivity contribution is -0.138. The molecule has 1 aliphatic rings. The molecular weight excluding hydrogens is 264 g/mol. The third-order valence-electron chi connectivity index (χ3n) is 3.56. The van der Waals surface area contributed by atoms with Gasteiger partial charge in [0.15, 0.2) is 0 Å². The Hall–Kier alpha value is -0.910. The zero-order valence-corrected chi connectivity index (χ0v) is 12.5. The maximum atomic E-state index is 11.9. The topological polar surface area (TPSA) is 78.4 Å². The standard InChI is InChI=1S/C13H24N2O3S/c1-10(5-8-19-2)14-12(18)15-13(9-11(16)17)6-3-4-7-13/h10H,3-9H2,1-2H3,(H,16,17)(H2,14,15,18). The number of carbonyl (C=O) groups excluding carboxylic acids is 1. The lowest BCUT2D eigenvalue weighted by Crippen LogP contribution is -2.53. The summed E-state index contributed by atoms with van der Waals surface area (Å²) in [5.74, 6) is 0.152. The van der Waals surface area contributed by atoms with Gasteiger partial charge in [-0.05, 0) is 38.2 Å². The monoisotopic (exact) mass is 288 g/mol. The predicted octanol–water partition coefficient (Wildman–Crippen LogP) is 2.21. The summed E-state index contributed by atoms with van der Waals surface area (Å²) in [4.78, 5) is 22.9. The van der Waals surface area contributed by atoms with E-state index in [-0.39, 0.29) is 18.5 Å². The van der Waals surface area contributed by atoms with E-state index in [0.717, 1.165) is 37.9 Å². The van der Waals surface area contributed by atoms with Gasteiger partial charge >= 0.3 is 12.0 Å². The molecule has 0 heterocycles. The fourth-order valence-corrected chi connectivity index (χ4v) is 3.14. The molecule has 1 atom stereocenters. The molecule has 0 aliphatic heterocycles. The second kappa shape index (κ2) is 7.62. The number of hydrogen-bond donors (Lipinski definition) is 3. The second-order valence-electron chi connectivity index (χ2n) is 5.34. The van der Waals surface area contributed by atoms with Crippen molar-refractivity contribution < 1.29 is 14.7 Å². The number of nitrogens with one attached hydrogen (secondary N) is 2. The first-order chi connectivity index (χ1) is 8.97. The number of rotatable bonds is 7. The van der Waals surface area contributed by atoms with Gasteiger partial charge in [0.2, 0.25) is 0 Å². The van der Waals surface area contributed by atoms with Crippen LogP contribution >= 0.6 is 11.8 Å². The van der Waals surface area contributed by atoms with Crippen LogP contribution in [0.5, 0.6) is 0 Å². The second-order valence-corrected chi connectivity index (χ2v) is 6.32. The number of urea groups is 1. The van der Waals surface area contributed by atoms with E-state index in [1.807, 2.05) is 13.2 Å². The summed E-state index contributed by atoms with van der Waals surface area (Å²) in [6.07, 6.45) is 6.44. The van der Waals surface area contributed by atoms with Crippen LogP contribution in [0.3, 0.4) is 0 Å². The van der Waals surface area contributed by atoms with Gasteiger partial charge < -0.3 is 15.7 Å². The number of thioether (sulfide) groups is 1. The average molecular weight is 288 g/mol. The quantitative estimate of drug-likeness (QED) is 0.671. The summed E-state index contributed by atoms with van der Waals surface area (Å²) in [7, 11) is 0. The summed E-state index contributed by atoms with van der Waals surface area (Å²) in [6, 6.07) is -0.132. The molecule has 0 spiro atoms. The van der Waals surface area contributed by atoms with E-state index in [2.05, 4.69) is 10.6 Å². The minimum atomic E-state index is -0.849.